The van der Waals surface area contributed by atoms with Crippen LogP contribution in [0.1, 0.15) is 15.9 Å². The number of nitrogens with one attached hydrogen (secondary N) is 1. The van der Waals surface area contributed by atoms with Crippen LogP contribution in [0.25, 0.3) is 0 Å². The number of ether oxygens (including phenoxy) is 3. The van der Waals surface area contributed by atoms with Crippen molar-refractivity contribution < 1.29 is 32.2 Å². The number of hydrogen-bond acceptors (Lipinski definition) is 7. The molecule has 9 heteroatoms. The molecule has 2 aromatic carbocycles. The Hall–Kier alpha value is -3.07. The summed E-state index contributed by atoms with van der Waals surface area (Å²) in [5.41, 5.74) is 0.798. The number of carbonyl (C=O) groups excluding carboxylic acids is 2. The predicted octanol–water partition coefficient (Wildman–Crippen LogP) is 1.59. The highest BCUT2D eigenvalue weighted by atomic mass is 32.2. The van der Waals surface area contributed by atoms with Crippen LogP contribution in [0.3, 0.4) is 0 Å². The van der Waals surface area contributed by atoms with Crippen molar-refractivity contribution in [2.75, 3.05) is 33.1 Å². The van der Waals surface area contributed by atoms with E-state index in [0.29, 0.717) is 17.1 Å². The number of amides is 1. The summed E-state index contributed by atoms with van der Waals surface area (Å²) in [6, 6.07) is 13.1. The molecule has 0 aromatic heterocycles. The third-order valence-electron chi connectivity index (χ3n) is 3.70. The van der Waals surface area contributed by atoms with Gasteiger partial charge in [0, 0.05) is 6.26 Å². The Morgan fingerprint density at radius 2 is 1.66 bits per heavy atom. The molecule has 0 aliphatic heterocycles. The van der Waals surface area contributed by atoms with E-state index in [-0.39, 0.29) is 24.5 Å². The monoisotopic (exact) mass is 421 g/mol. The number of para-hydroxylation sites is 2. The first-order valence-electron chi connectivity index (χ1n) is 8.75. The number of carbonyl (C=O) groups is 2. The molecule has 0 heterocycles. The van der Waals surface area contributed by atoms with E-state index in [1.807, 2.05) is 12.1 Å². The van der Waals surface area contributed by atoms with Gasteiger partial charge in [-0.15, -0.1) is 0 Å². The van der Waals surface area contributed by atoms with Crippen molar-refractivity contribution in [1.29, 1.82) is 0 Å². The predicted molar refractivity (Wildman–Crippen MR) is 107 cm³/mol. The van der Waals surface area contributed by atoms with Gasteiger partial charge >= 0.3 is 5.97 Å². The molecule has 0 atom stereocenters. The maximum Gasteiger partial charge on any atom is 0.338 e. The lowest BCUT2D eigenvalue weighted by Gasteiger charge is -2.11. The molecule has 8 nitrogen and oxygen atoms in total. The van der Waals surface area contributed by atoms with E-state index >= 15 is 0 Å². The van der Waals surface area contributed by atoms with E-state index in [2.05, 4.69) is 5.32 Å². The van der Waals surface area contributed by atoms with Crippen molar-refractivity contribution in [3.63, 3.8) is 0 Å². The largest absolute Gasteiger partial charge is 0.493 e. The van der Waals surface area contributed by atoms with Crippen LogP contribution in [0.2, 0.25) is 0 Å². The lowest BCUT2D eigenvalue weighted by molar-refractivity contribution is -0.124. The third kappa shape index (κ3) is 7.82. The van der Waals surface area contributed by atoms with E-state index in [1.165, 1.54) is 31.4 Å². The van der Waals surface area contributed by atoms with E-state index in [9.17, 15) is 18.0 Å². The smallest absolute Gasteiger partial charge is 0.338 e. The summed E-state index contributed by atoms with van der Waals surface area (Å²) in [6.45, 7) is 0.0229. The normalized spacial score (nSPS) is 10.8. The Balaban J connectivity index is 1.71. The molecule has 156 valence electrons. The van der Waals surface area contributed by atoms with Crippen LogP contribution in [0.15, 0.2) is 48.5 Å². The number of benzene rings is 2. The van der Waals surface area contributed by atoms with Gasteiger partial charge in [0.05, 0.1) is 25.0 Å². The second kappa shape index (κ2) is 10.5. The van der Waals surface area contributed by atoms with Crippen LogP contribution in [0.5, 0.6) is 11.5 Å². The maximum absolute atomic E-state index is 12.0. The highest BCUT2D eigenvalue weighted by molar-refractivity contribution is 7.89. The second-order valence-electron chi connectivity index (χ2n) is 6.19. The molecule has 0 bridgehead atoms. The van der Waals surface area contributed by atoms with Gasteiger partial charge in [0.1, 0.15) is 6.61 Å². The zero-order valence-electron chi connectivity index (χ0n) is 16.2. The quantitative estimate of drug-likeness (QED) is 0.458. The first-order chi connectivity index (χ1) is 13.8. The van der Waals surface area contributed by atoms with Crippen molar-refractivity contribution in [2.24, 2.45) is 0 Å². The third-order valence-corrected chi connectivity index (χ3v) is 4.56. The maximum atomic E-state index is 12.0. The fourth-order valence-corrected chi connectivity index (χ4v) is 3.19. The lowest BCUT2D eigenvalue weighted by Crippen LogP contribution is -2.32. The van der Waals surface area contributed by atoms with E-state index in [1.54, 1.807) is 12.1 Å². The van der Waals surface area contributed by atoms with E-state index < -0.39 is 28.3 Å². The summed E-state index contributed by atoms with van der Waals surface area (Å²) >= 11 is 0. The molecule has 2 aromatic rings. The highest BCUT2D eigenvalue weighted by Crippen LogP contribution is 2.25. The van der Waals surface area contributed by atoms with Gasteiger partial charge in [-0.2, -0.15) is 0 Å². The first-order valence-corrected chi connectivity index (χ1v) is 10.8. The second-order valence-corrected chi connectivity index (χ2v) is 8.33. The zero-order valence-corrected chi connectivity index (χ0v) is 17.0. The van der Waals surface area contributed by atoms with Gasteiger partial charge in [-0.25, -0.2) is 13.2 Å². The molecular formula is C20H23NO7S. The highest BCUT2D eigenvalue weighted by Gasteiger charge is 2.11. The summed E-state index contributed by atoms with van der Waals surface area (Å²) in [5, 5.41) is 2.58. The molecule has 2 rings (SSSR count). The van der Waals surface area contributed by atoms with Crippen molar-refractivity contribution in [3.8, 4) is 11.5 Å². The van der Waals surface area contributed by atoms with Crippen LogP contribution < -0.4 is 14.8 Å². The van der Waals surface area contributed by atoms with Gasteiger partial charge in [0.25, 0.3) is 5.91 Å². The Bertz CT molecular complexity index is 940. The summed E-state index contributed by atoms with van der Waals surface area (Å²) in [4.78, 5) is 23.8. The average molecular weight is 421 g/mol. The SMILES string of the molecule is COc1ccccc1OCCNC(=O)COC(=O)c1ccc(CS(C)(=O)=O)cc1. The summed E-state index contributed by atoms with van der Waals surface area (Å²) in [6.07, 6.45) is 1.13. The Kier molecular flexibility index (Phi) is 8.02. The van der Waals surface area contributed by atoms with Gasteiger partial charge in [-0.3, -0.25) is 4.79 Å². The lowest BCUT2D eigenvalue weighted by atomic mass is 10.1. The summed E-state index contributed by atoms with van der Waals surface area (Å²) in [5.74, 6) is -0.0842. The van der Waals surface area contributed by atoms with Gasteiger partial charge in [-0.05, 0) is 29.8 Å². The number of sulfone groups is 1. The van der Waals surface area contributed by atoms with Crippen LogP contribution in [-0.4, -0.2) is 53.4 Å². The van der Waals surface area contributed by atoms with Gasteiger partial charge in [0.2, 0.25) is 0 Å². The molecule has 0 radical (unpaired) electrons. The van der Waals surface area contributed by atoms with Crippen molar-refractivity contribution >= 4 is 21.7 Å². The van der Waals surface area contributed by atoms with Crippen LogP contribution >= 0.6 is 0 Å². The molecule has 0 saturated heterocycles. The molecule has 1 N–H and O–H groups in total. The fourth-order valence-electron chi connectivity index (χ4n) is 2.39. The molecule has 0 aliphatic rings. The minimum absolute atomic E-state index is 0.109. The standard InChI is InChI=1S/C20H23NO7S/c1-26-17-5-3-4-6-18(17)27-12-11-21-19(22)13-28-20(23)16-9-7-15(8-10-16)14-29(2,24)25/h3-10H,11-14H2,1-2H3,(H,21,22). The summed E-state index contributed by atoms with van der Waals surface area (Å²) < 4.78 is 38.2. The zero-order chi connectivity index (χ0) is 21.3. The van der Waals surface area contributed by atoms with E-state index in [4.69, 9.17) is 14.2 Å². The van der Waals surface area contributed by atoms with Gasteiger partial charge in [-0.1, -0.05) is 24.3 Å². The molecule has 0 fully saturated rings. The number of esters is 1. The molecule has 0 aliphatic carbocycles. The summed E-state index contributed by atoms with van der Waals surface area (Å²) in [7, 11) is -1.61. The first kappa shape index (κ1) is 22.2. The van der Waals surface area contributed by atoms with Gasteiger partial charge in [0.15, 0.2) is 27.9 Å². The molecule has 29 heavy (non-hydrogen) atoms. The topological polar surface area (TPSA) is 108 Å². The van der Waals surface area contributed by atoms with E-state index in [0.717, 1.165) is 6.26 Å². The molecule has 0 spiro atoms. The van der Waals surface area contributed by atoms with Gasteiger partial charge < -0.3 is 19.5 Å². The Labute approximate surface area is 169 Å². The van der Waals surface area contributed by atoms with Crippen molar-refractivity contribution in [3.05, 3.63) is 59.7 Å². The number of methoxy groups -OCH3 is 1. The fraction of sp³-hybridized carbons (Fsp3) is 0.300. The molecule has 1 amide bonds. The van der Waals surface area contributed by atoms with Crippen molar-refractivity contribution in [2.45, 2.75) is 5.75 Å². The Morgan fingerprint density at radius 3 is 2.28 bits per heavy atom. The number of hydrogen-bond donors (Lipinski definition) is 1. The molecular weight excluding hydrogens is 398 g/mol. The number of rotatable bonds is 10. The average Bonchev–Trinajstić information content (AvgIpc) is 2.69. The van der Waals surface area contributed by atoms with Crippen LogP contribution in [0, 0.1) is 0 Å². The van der Waals surface area contributed by atoms with Crippen molar-refractivity contribution in [1.82, 2.24) is 5.32 Å². The van der Waals surface area contributed by atoms with Crippen LogP contribution in [-0.2, 0) is 25.1 Å². The minimum Gasteiger partial charge on any atom is -0.493 e. The minimum atomic E-state index is -3.15. The molecule has 0 unspecified atom stereocenters. The Morgan fingerprint density at radius 1 is 1.00 bits per heavy atom. The molecule has 0 saturated carbocycles. The van der Waals surface area contributed by atoms with Crippen LogP contribution in [0.4, 0.5) is 0 Å².